The number of likely N-dealkylation sites (tertiary alicyclic amines) is 1. The van der Waals surface area contributed by atoms with Crippen LogP contribution in [-0.4, -0.2) is 35.8 Å². The van der Waals surface area contributed by atoms with Crippen LogP contribution < -0.4 is 4.90 Å². The molecular weight excluding hydrogens is 283 g/mol. The number of hydrogen-bond donors (Lipinski definition) is 0. The summed E-state index contributed by atoms with van der Waals surface area (Å²) < 4.78 is 14.1. The van der Waals surface area contributed by atoms with Gasteiger partial charge in [0.2, 0.25) is 5.91 Å². The van der Waals surface area contributed by atoms with Gasteiger partial charge in [-0.1, -0.05) is 13.0 Å². The van der Waals surface area contributed by atoms with Gasteiger partial charge in [-0.3, -0.25) is 14.5 Å². The first-order chi connectivity index (χ1) is 10.5. The van der Waals surface area contributed by atoms with Crippen LogP contribution in [-0.2, 0) is 9.59 Å². The summed E-state index contributed by atoms with van der Waals surface area (Å²) in [5.74, 6) is -0.456. The number of halogens is 1. The van der Waals surface area contributed by atoms with Gasteiger partial charge in [0.25, 0.3) is 5.91 Å². The molecule has 0 N–H and O–H groups in total. The highest BCUT2D eigenvalue weighted by Gasteiger charge is 2.44. The molecule has 0 bridgehead atoms. The maximum absolute atomic E-state index is 14.1. The molecule has 0 aliphatic carbocycles. The number of aryl methyl sites for hydroxylation is 1. The summed E-state index contributed by atoms with van der Waals surface area (Å²) >= 11 is 0. The SMILES string of the molecule is Cc1ccc(N2C(=O)CC(N3CCC(C)CC3)C2=O)c(F)c1. The minimum Gasteiger partial charge on any atom is -0.292 e. The predicted molar refractivity (Wildman–Crippen MR) is 82.0 cm³/mol. The van der Waals surface area contributed by atoms with Crippen molar-refractivity contribution in [3.63, 3.8) is 0 Å². The molecule has 2 aliphatic rings. The number of anilines is 1. The Balaban J connectivity index is 1.82. The summed E-state index contributed by atoms with van der Waals surface area (Å²) in [7, 11) is 0. The lowest BCUT2D eigenvalue weighted by Gasteiger charge is -2.33. The average molecular weight is 304 g/mol. The van der Waals surface area contributed by atoms with Gasteiger partial charge in [0.15, 0.2) is 0 Å². The summed E-state index contributed by atoms with van der Waals surface area (Å²) in [6.07, 6.45) is 2.23. The van der Waals surface area contributed by atoms with Crippen molar-refractivity contribution in [3.05, 3.63) is 29.6 Å². The number of imide groups is 1. The average Bonchev–Trinajstić information content (AvgIpc) is 2.76. The molecule has 1 aromatic rings. The Morgan fingerprint density at radius 1 is 1.18 bits per heavy atom. The highest BCUT2D eigenvalue weighted by molar-refractivity contribution is 6.22. The Kier molecular flexibility index (Phi) is 4.00. The van der Waals surface area contributed by atoms with Crippen molar-refractivity contribution in [1.29, 1.82) is 0 Å². The van der Waals surface area contributed by atoms with E-state index >= 15 is 0 Å². The third-order valence-electron chi connectivity index (χ3n) is 4.73. The molecule has 2 amide bonds. The summed E-state index contributed by atoms with van der Waals surface area (Å²) in [6, 6.07) is 4.16. The molecule has 4 nitrogen and oxygen atoms in total. The number of benzene rings is 1. The molecule has 2 fully saturated rings. The predicted octanol–water partition coefficient (Wildman–Crippen LogP) is 2.50. The molecule has 2 heterocycles. The van der Waals surface area contributed by atoms with E-state index in [9.17, 15) is 14.0 Å². The number of carbonyl (C=O) groups is 2. The molecule has 1 atom stereocenters. The zero-order valence-corrected chi connectivity index (χ0v) is 13.0. The first kappa shape index (κ1) is 15.2. The summed E-state index contributed by atoms with van der Waals surface area (Å²) in [6.45, 7) is 5.63. The maximum Gasteiger partial charge on any atom is 0.251 e. The smallest absolute Gasteiger partial charge is 0.251 e. The molecule has 0 spiro atoms. The second-order valence-electron chi connectivity index (χ2n) is 6.46. The highest BCUT2D eigenvalue weighted by Crippen LogP contribution is 2.30. The topological polar surface area (TPSA) is 40.6 Å². The normalized spacial score (nSPS) is 24.3. The lowest BCUT2D eigenvalue weighted by molar-refractivity contribution is -0.123. The van der Waals surface area contributed by atoms with Crippen LogP contribution in [0.3, 0.4) is 0 Å². The standard InChI is InChI=1S/C17H21FN2O2/c1-11-5-7-19(8-6-11)15-10-16(21)20(17(15)22)14-4-3-12(2)9-13(14)18/h3-4,9,11,15H,5-8,10H2,1-2H3. The van der Waals surface area contributed by atoms with Crippen molar-refractivity contribution >= 4 is 17.5 Å². The number of amides is 2. The Bertz CT molecular complexity index is 609. The number of rotatable bonds is 2. The van der Waals surface area contributed by atoms with E-state index in [0.29, 0.717) is 5.92 Å². The monoisotopic (exact) mass is 304 g/mol. The van der Waals surface area contributed by atoms with Crippen LogP contribution in [0, 0.1) is 18.7 Å². The Morgan fingerprint density at radius 2 is 1.86 bits per heavy atom. The molecule has 1 aromatic carbocycles. The lowest BCUT2D eigenvalue weighted by Crippen LogP contribution is -2.45. The van der Waals surface area contributed by atoms with Crippen molar-refractivity contribution in [2.45, 2.75) is 39.2 Å². The Labute approximate surface area is 129 Å². The first-order valence-corrected chi connectivity index (χ1v) is 7.84. The minimum absolute atomic E-state index is 0.0773. The molecule has 22 heavy (non-hydrogen) atoms. The van der Waals surface area contributed by atoms with Gasteiger partial charge in [-0.05, 0) is 56.5 Å². The van der Waals surface area contributed by atoms with Gasteiger partial charge in [-0.2, -0.15) is 0 Å². The van der Waals surface area contributed by atoms with Crippen LogP contribution in [0.25, 0.3) is 0 Å². The molecule has 0 radical (unpaired) electrons. The van der Waals surface area contributed by atoms with Crippen molar-refractivity contribution in [1.82, 2.24) is 4.90 Å². The fourth-order valence-corrected chi connectivity index (χ4v) is 3.29. The van der Waals surface area contributed by atoms with Gasteiger partial charge in [0.1, 0.15) is 5.82 Å². The van der Waals surface area contributed by atoms with Crippen molar-refractivity contribution < 1.29 is 14.0 Å². The molecule has 118 valence electrons. The van der Waals surface area contributed by atoms with E-state index in [2.05, 4.69) is 11.8 Å². The molecule has 3 rings (SSSR count). The van der Waals surface area contributed by atoms with Crippen LogP contribution in [0.2, 0.25) is 0 Å². The van der Waals surface area contributed by atoms with Crippen molar-refractivity contribution in [3.8, 4) is 0 Å². The fraction of sp³-hybridized carbons (Fsp3) is 0.529. The van der Waals surface area contributed by atoms with E-state index in [-0.39, 0.29) is 23.9 Å². The molecule has 0 saturated carbocycles. The quantitative estimate of drug-likeness (QED) is 0.788. The fourth-order valence-electron chi connectivity index (χ4n) is 3.29. The van der Waals surface area contributed by atoms with Crippen molar-refractivity contribution in [2.24, 2.45) is 5.92 Å². The minimum atomic E-state index is -0.519. The van der Waals surface area contributed by atoms with E-state index < -0.39 is 11.9 Å². The Morgan fingerprint density at radius 3 is 2.50 bits per heavy atom. The number of piperidine rings is 1. The summed E-state index contributed by atoms with van der Waals surface area (Å²) in [5, 5.41) is 0. The van der Waals surface area contributed by atoms with Gasteiger partial charge < -0.3 is 0 Å². The third-order valence-corrected chi connectivity index (χ3v) is 4.73. The van der Waals surface area contributed by atoms with Gasteiger partial charge in [0, 0.05) is 0 Å². The van der Waals surface area contributed by atoms with Gasteiger partial charge in [0.05, 0.1) is 18.2 Å². The molecule has 5 heteroatoms. The second kappa shape index (κ2) is 5.80. The van der Waals surface area contributed by atoms with Crippen molar-refractivity contribution in [2.75, 3.05) is 18.0 Å². The largest absolute Gasteiger partial charge is 0.292 e. The summed E-state index contributed by atoms with van der Waals surface area (Å²) in [4.78, 5) is 28.0. The summed E-state index contributed by atoms with van der Waals surface area (Å²) in [5.41, 5.74) is 0.843. The van der Waals surface area contributed by atoms with Crippen LogP contribution in [0.1, 0.15) is 31.7 Å². The molecule has 0 aromatic heterocycles. The zero-order chi connectivity index (χ0) is 15.9. The number of hydrogen-bond acceptors (Lipinski definition) is 3. The van der Waals surface area contributed by atoms with E-state index in [1.54, 1.807) is 13.0 Å². The lowest BCUT2D eigenvalue weighted by atomic mass is 9.97. The van der Waals surface area contributed by atoms with Gasteiger partial charge >= 0.3 is 0 Å². The van der Waals surface area contributed by atoms with Crippen LogP contribution in [0.4, 0.5) is 10.1 Å². The first-order valence-electron chi connectivity index (χ1n) is 7.84. The van der Waals surface area contributed by atoms with Gasteiger partial charge in [-0.25, -0.2) is 9.29 Å². The molecular formula is C17H21FN2O2. The highest BCUT2D eigenvalue weighted by atomic mass is 19.1. The third kappa shape index (κ3) is 2.65. The maximum atomic E-state index is 14.1. The van der Waals surface area contributed by atoms with Gasteiger partial charge in [-0.15, -0.1) is 0 Å². The number of nitrogens with zero attached hydrogens (tertiary/aromatic N) is 2. The molecule has 2 aliphatic heterocycles. The molecule has 1 unspecified atom stereocenters. The van der Waals surface area contributed by atoms with Crippen LogP contribution >= 0.6 is 0 Å². The second-order valence-corrected chi connectivity index (χ2v) is 6.46. The Hall–Kier alpha value is -1.75. The zero-order valence-electron chi connectivity index (χ0n) is 13.0. The van der Waals surface area contributed by atoms with E-state index in [1.807, 2.05) is 0 Å². The number of carbonyl (C=O) groups excluding carboxylic acids is 2. The van der Waals surface area contributed by atoms with Crippen LogP contribution in [0.15, 0.2) is 18.2 Å². The van der Waals surface area contributed by atoms with Crippen LogP contribution in [0.5, 0.6) is 0 Å². The van der Waals surface area contributed by atoms with E-state index in [1.165, 1.54) is 12.1 Å². The van der Waals surface area contributed by atoms with E-state index in [4.69, 9.17) is 0 Å². The van der Waals surface area contributed by atoms with E-state index in [0.717, 1.165) is 36.4 Å². The molecule has 2 saturated heterocycles.